The van der Waals surface area contributed by atoms with Gasteiger partial charge in [0.15, 0.2) is 5.58 Å². The van der Waals surface area contributed by atoms with E-state index in [-0.39, 0.29) is 12.5 Å². The van der Waals surface area contributed by atoms with Gasteiger partial charge in [0, 0.05) is 23.2 Å². The Morgan fingerprint density at radius 2 is 1.94 bits per heavy atom. The predicted molar refractivity (Wildman–Crippen MR) is 139 cm³/mol. The predicted octanol–water partition coefficient (Wildman–Crippen LogP) is 6.14. The highest BCUT2D eigenvalue weighted by atomic mass is 32.1. The van der Waals surface area contributed by atoms with E-state index in [9.17, 15) is 9.90 Å². The number of benzene rings is 2. The number of anilines is 2. The first-order chi connectivity index (χ1) is 17.1. The normalized spacial score (nSPS) is 12.0. The molecule has 1 aliphatic heterocycles. The number of carboxylic acid groups (broad SMARTS) is 1. The van der Waals surface area contributed by atoms with Crippen LogP contribution >= 0.6 is 11.3 Å². The van der Waals surface area contributed by atoms with Gasteiger partial charge in [-0.15, -0.1) is 11.3 Å². The van der Waals surface area contributed by atoms with Gasteiger partial charge >= 0.3 is 5.97 Å². The molecule has 1 aliphatic carbocycles. The van der Waals surface area contributed by atoms with E-state index in [2.05, 4.69) is 16.4 Å². The van der Waals surface area contributed by atoms with E-state index < -0.39 is 5.97 Å². The number of nitrogens with zero attached hydrogens (tertiary/aromatic N) is 2. The lowest BCUT2D eigenvalue weighted by Crippen LogP contribution is -2.24. The third-order valence-electron chi connectivity index (χ3n) is 5.79. The number of para-hydroxylation sites is 2. The molecule has 2 aromatic carbocycles. The van der Waals surface area contributed by atoms with Crippen molar-refractivity contribution in [3.63, 3.8) is 0 Å². The van der Waals surface area contributed by atoms with Crippen LogP contribution in [0.15, 0.2) is 82.6 Å². The fraction of sp³-hybridized carbons (Fsp3) is 0.185. The Balaban J connectivity index is 1.21. The maximum absolute atomic E-state index is 11.5. The summed E-state index contributed by atoms with van der Waals surface area (Å²) in [5.41, 5.74) is 4.50. The summed E-state index contributed by atoms with van der Waals surface area (Å²) >= 11 is 1.66. The van der Waals surface area contributed by atoms with Gasteiger partial charge < -0.3 is 24.5 Å². The van der Waals surface area contributed by atoms with Crippen molar-refractivity contribution < 1.29 is 19.1 Å². The van der Waals surface area contributed by atoms with Gasteiger partial charge in [-0.25, -0.2) is 0 Å². The monoisotopic (exact) mass is 487 g/mol. The van der Waals surface area contributed by atoms with Crippen molar-refractivity contribution in [2.45, 2.75) is 12.5 Å². The third-order valence-corrected chi connectivity index (χ3v) is 6.69. The van der Waals surface area contributed by atoms with E-state index in [4.69, 9.17) is 9.15 Å². The molecule has 3 aromatic rings. The fourth-order valence-electron chi connectivity index (χ4n) is 3.95. The molecule has 0 radical (unpaired) electrons. The van der Waals surface area contributed by atoms with E-state index in [1.165, 1.54) is 0 Å². The minimum absolute atomic E-state index is 0.0293. The lowest BCUT2D eigenvalue weighted by Gasteiger charge is -2.20. The van der Waals surface area contributed by atoms with E-state index in [1.807, 2.05) is 84.1 Å². The molecule has 5 rings (SSSR count). The maximum Gasteiger partial charge on any atom is 0.305 e. The van der Waals surface area contributed by atoms with Gasteiger partial charge in [0.25, 0.3) is 6.01 Å². The molecule has 0 saturated heterocycles. The van der Waals surface area contributed by atoms with Crippen LogP contribution in [0.3, 0.4) is 0 Å². The van der Waals surface area contributed by atoms with E-state index in [1.54, 1.807) is 11.3 Å². The number of nitrogens with one attached hydrogen (secondary N) is 1. The first kappa shape index (κ1) is 22.7. The molecule has 2 N–H and O–H groups in total. The van der Waals surface area contributed by atoms with Gasteiger partial charge in [0.2, 0.25) is 0 Å². The third kappa shape index (κ3) is 5.22. The number of aromatic nitrogens is 1. The molecule has 8 heteroatoms. The highest BCUT2D eigenvalue weighted by Crippen LogP contribution is 2.37. The van der Waals surface area contributed by atoms with Crippen molar-refractivity contribution >= 4 is 40.1 Å². The lowest BCUT2D eigenvalue weighted by molar-refractivity contribution is -0.137. The molecule has 35 heavy (non-hydrogen) atoms. The standard InChI is InChI=1S/C27H25N3O4S/c1-30(27-29-22-6-2-3-7-24(22)34-27)14-15-33-19-10-8-18(9-11-19)23(17-26(31)32)28-21-12-13-25-20(21)5-4-16-35-25/h2-13,16,23,28H,14-15,17H2,1H3,(H,31,32). The number of aliphatic carboxylic acids is 1. The minimum atomic E-state index is -0.858. The molecular weight excluding hydrogens is 462 g/mol. The second-order valence-corrected chi connectivity index (χ2v) is 9.18. The number of fused-ring (bicyclic) bond motifs is 2. The zero-order valence-electron chi connectivity index (χ0n) is 19.2. The highest BCUT2D eigenvalue weighted by Gasteiger charge is 2.19. The zero-order chi connectivity index (χ0) is 24.2. The van der Waals surface area contributed by atoms with Crippen molar-refractivity contribution in [2.75, 3.05) is 30.4 Å². The average molecular weight is 488 g/mol. The molecule has 1 atom stereocenters. The molecule has 178 valence electrons. The summed E-state index contributed by atoms with van der Waals surface area (Å²) in [6.45, 7) is 1.05. The van der Waals surface area contributed by atoms with Gasteiger partial charge in [-0.3, -0.25) is 4.79 Å². The summed E-state index contributed by atoms with van der Waals surface area (Å²) in [5, 5.41) is 14.9. The van der Waals surface area contributed by atoms with Crippen molar-refractivity contribution in [2.24, 2.45) is 0 Å². The van der Waals surface area contributed by atoms with Gasteiger partial charge in [0.1, 0.15) is 17.9 Å². The number of likely N-dealkylation sites (N-methyl/N-ethyl adjacent to an activating group) is 1. The number of carbonyl (C=O) groups is 1. The Labute approximate surface area is 206 Å². The lowest BCUT2D eigenvalue weighted by atomic mass is 10.0. The van der Waals surface area contributed by atoms with Crippen molar-refractivity contribution in [3.05, 3.63) is 83.7 Å². The van der Waals surface area contributed by atoms with Crippen LogP contribution < -0.4 is 15.0 Å². The second-order valence-electron chi connectivity index (χ2n) is 8.24. The van der Waals surface area contributed by atoms with Gasteiger partial charge in [0.05, 0.1) is 19.0 Å². The summed E-state index contributed by atoms with van der Waals surface area (Å²) in [7, 11) is 1.91. The number of rotatable bonds is 10. The summed E-state index contributed by atoms with van der Waals surface area (Å²) in [6, 6.07) is 23.5. The molecule has 1 aromatic heterocycles. The number of ether oxygens (including phenoxy) is 1. The SMILES string of the molecule is CN(CCOc1ccc(C(CC(=O)O)Nc2ccc3scccc2-3)cc1)c1nc2ccccc2o1. The molecule has 0 saturated carbocycles. The number of oxazole rings is 1. The molecule has 0 spiro atoms. The van der Waals surface area contributed by atoms with Crippen LogP contribution in [0.1, 0.15) is 18.0 Å². The number of hydrogen-bond donors (Lipinski definition) is 2. The number of carboxylic acids is 1. The number of hydrogen-bond acceptors (Lipinski definition) is 7. The molecule has 2 heterocycles. The molecule has 7 nitrogen and oxygen atoms in total. The second kappa shape index (κ2) is 10.1. The summed E-state index contributed by atoms with van der Waals surface area (Å²) < 4.78 is 11.7. The Morgan fingerprint density at radius 1 is 1.11 bits per heavy atom. The highest BCUT2D eigenvalue weighted by molar-refractivity contribution is 7.13. The molecular formula is C27H25N3O4S. The Bertz CT molecular complexity index is 1360. The first-order valence-electron chi connectivity index (χ1n) is 11.3. The summed E-state index contributed by atoms with van der Waals surface area (Å²) in [6.07, 6.45) is -0.0293. The van der Waals surface area contributed by atoms with Crippen molar-refractivity contribution in [1.29, 1.82) is 0 Å². The minimum Gasteiger partial charge on any atom is -0.492 e. The van der Waals surface area contributed by atoms with Crippen LogP contribution in [-0.2, 0) is 4.79 Å². The molecule has 1 unspecified atom stereocenters. The van der Waals surface area contributed by atoms with Crippen molar-refractivity contribution in [1.82, 2.24) is 4.98 Å². The van der Waals surface area contributed by atoms with Gasteiger partial charge in [-0.05, 0) is 47.3 Å². The Hall–Kier alpha value is -4.04. The van der Waals surface area contributed by atoms with Gasteiger partial charge in [-0.1, -0.05) is 36.4 Å². The van der Waals surface area contributed by atoms with Crippen LogP contribution in [0.2, 0.25) is 0 Å². The Morgan fingerprint density at radius 3 is 2.74 bits per heavy atom. The summed E-state index contributed by atoms with van der Waals surface area (Å²) in [4.78, 5) is 19.1. The Kier molecular flexibility index (Phi) is 6.54. The van der Waals surface area contributed by atoms with E-state index >= 15 is 0 Å². The van der Waals surface area contributed by atoms with Crippen molar-refractivity contribution in [3.8, 4) is 16.2 Å². The van der Waals surface area contributed by atoms with Crippen LogP contribution in [0, 0.1) is 0 Å². The van der Waals surface area contributed by atoms with E-state index in [0.29, 0.717) is 24.9 Å². The van der Waals surface area contributed by atoms with Crippen LogP contribution in [0.25, 0.3) is 21.5 Å². The van der Waals surface area contributed by atoms with Crippen LogP contribution in [0.5, 0.6) is 5.75 Å². The molecule has 0 amide bonds. The van der Waals surface area contributed by atoms with Gasteiger partial charge in [-0.2, -0.15) is 4.98 Å². The average Bonchev–Trinajstić information content (AvgIpc) is 3.48. The zero-order valence-corrected chi connectivity index (χ0v) is 20.0. The summed E-state index contributed by atoms with van der Waals surface area (Å²) in [5.74, 6) is -0.141. The molecule has 0 fully saturated rings. The van der Waals surface area contributed by atoms with E-state index in [0.717, 1.165) is 32.8 Å². The smallest absolute Gasteiger partial charge is 0.305 e. The molecule has 2 aliphatic rings. The van der Waals surface area contributed by atoms with Crippen LogP contribution in [-0.4, -0.2) is 36.3 Å². The largest absolute Gasteiger partial charge is 0.492 e. The van der Waals surface area contributed by atoms with Crippen LogP contribution in [0.4, 0.5) is 11.7 Å². The quantitative estimate of drug-likeness (QED) is 0.245. The fourth-order valence-corrected chi connectivity index (χ4v) is 4.71. The molecule has 0 bridgehead atoms. The topological polar surface area (TPSA) is 87.8 Å². The first-order valence-corrected chi connectivity index (χ1v) is 12.2. The maximum atomic E-state index is 11.5.